The molecule has 1 fully saturated rings. The number of aromatic nitrogens is 1. The summed E-state index contributed by atoms with van der Waals surface area (Å²) >= 11 is 0. The van der Waals surface area contributed by atoms with Gasteiger partial charge in [-0.25, -0.2) is 9.79 Å². The number of carbonyl (C=O) groups is 2. The Morgan fingerprint density at radius 3 is 2.63 bits per heavy atom. The first-order valence-electron chi connectivity index (χ1n) is 10.7. The SMILES string of the molecule is CC/C(CCCCC(=O)C1(CO)CCC1)=N/C(=O)NCc1cc2cc(O)ccc2[nH]1. The fourth-order valence-corrected chi connectivity index (χ4v) is 3.95. The second-order valence-electron chi connectivity index (χ2n) is 8.18. The molecule has 30 heavy (non-hydrogen) atoms. The lowest BCUT2D eigenvalue weighted by Gasteiger charge is -2.38. The van der Waals surface area contributed by atoms with Crippen molar-refractivity contribution in [2.24, 2.45) is 10.4 Å². The third kappa shape index (κ3) is 5.27. The normalized spacial score (nSPS) is 15.7. The highest BCUT2D eigenvalue weighted by Crippen LogP contribution is 2.42. The summed E-state index contributed by atoms with van der Waals surface area (Å²) in [7, 11) is 0. The van der Waals surface area contributed by atoms with Gasteiger partial charge in [0.05, 0.1) is 18.6 Å². The number of hydrogen-bond acceptors (Lipinski definition) is 4. The first kappa shape index (κ1) is 22.0. The summed E-state index contributed by atoms with van der Waals surface area (Å²) in [5, 5.41) is 22.7. The summed E-state index contributed by atoms with van der Waals surface area (Å²) in [5.74, 6) is 0.380. The molecule has 1 heterocycles. The first-order valence-corrected chi connectivity index (χ1v) is 10.7. The lowest BCUT2D eigenvalue weighted by Crippen LogP contribution is -2.41. The van der Waals surface area contributed by atoms with Crippen molar-refractivity contribution in [3.63, 3.8) is 0 Å². The monoisotopic (exact) mass is 413 g/mol. The maximum absolute atomic E-state index is 12.3. The van der Waals surface area contributed by atoms with Crippen molar-refractivity contribution in [3.05, 3.63) is 30.0 Å². The minimum atomic E-state index is -0.469. The highest BCUT2D eigenvalue weighted by Gasteiger charge is 2.42. The Morgan fingerprint density at radius 2 is 1.97 bits per heavy atom. The van der Waals surface area contributed by atoms with Crippen LogP contribution >= 0.6 is 0 Å². The third-order valence-electron chi connectivity index (χ3n) is 6.08. The Morgan fingerprint density at radius 1 is 1.20 bits per heavy atom. The van der Waals surface area contributed by atoms with Gasteiger partial charge >= 0.3 is 6.03 Å². The zero-order valence-electron chi connectivity index (χ0n) is 17.5. The van der Waals surface area contributed by atoms with Gasteiger partial charge in [0.15, 0.2) is 0 Å². The molecule has 0 atom stereocenters. The van der Waals surface area contributed by atoms with Crippen LogP contribution in [-0.2, 0) is 11.3 Å². The molecule has 1 aliphatic carbocycles. The van der Waals surface area contributed by atoms with E-state index in [1.54, 1.807) is 18.2 Å². The van der Waals surface area contributed by atoms with Gasteiger partial charge in [0.2, 0.25) is 0 Å². The third-order valence-corrected chi connectivity index (χ3v) is 6.08. The lowest BCUT2D eigenvalue weighted by atomic mass is 9.65. The van der Waals surface area contributed by atoms with E-state index in [0.717, 1.165) is 54.4 Å². The summed E-state index contributed by atoms with van der Waals surface area (Å²) in [6, 6.07) is 6.59. The number of benzene rings is 1. The Kier molecular flexibility index (Phi) is 7.26. The summed E-state index contributed by atoms with van der Waals surface area (Å²) < 4.78 is 0. The number of rotatable bonds is 10. The van der Waals surface area contributed by atoms with Gasteiger partial charge in [-0.2, -0.15) is 0 Å². The summed E-state index contributed by atoms with van der Waals surface area (Å²) in [5.41, 5.74) is 2.09. The van der Waals surface area contributed by atoms with Gasteiger partial charge in [-0.05, 0) is 62.8 Å². The number of urea groups is 1. The average molecular weight is 414 g/mol. The number of aliphatic imine (C=N–C) groups is 1. The van der Waals surface area contributed by atoms with Crippen LogP contribution in [-0.4, -0.2) is 39.3 Å². The fourth-order valence-electron chi connectivity index (χ4n) is 3.95. The van der Waals surface area contributed by atoms with Crippen LogP contribution in [0.1, 0.15) is 64.0 Å². The Labute approximate surface area is 176 Å². The number of carbonyl (C=O) groups excluding carboxylic acids is 2. The molecule has 1 saturated carbocycles. The maximum atomic E-state index is 12.3. The fraction of sp³-hybridized carbons (Fsp3) is 0.522. The van der Waals surface area contributed by atoms with Crippen molar-refractivity contribution in [2.75, 3.05) is 6.61 Å². The van der Waals surface area contributed by atoms with E-state index >= 15 is 0 Å². The molecule has 2 aromatic rings. The van der Waals surface area contributed by atoms with E-state index in [0.29, 0.717) is 25.8 Å². The second-order valence-corrected chi connectivity index (χ2v) is 8.18. The second kappa shape index (κ2) is 9.89. The smallest absolute Gasteiger partial charge is 0.341 e. The van der Waals surface area contributed by atoms with Gasteiger partial charge in [0.1, 0.15) is 11.5 Å². The van der Waals surface area contributed by atoms with Crippen molar-refractivity contribution in [1.29, 1.82) is 0 Å². The van der Waals surface area contributed by atoms with Crippen molar-refractivity contribution in [2.45, 2.75) is 64.8 Å². The van der Waals surface area contributed by atoms with E-state index in [1.165, 1.54) is 0 Å². The van der Waals surface area contributed by atoms with Gasteiger partial charge in [-0.1, -0.05) is 13.3 Å². The summed E-state index contributed by atoms with van der Waals surface area (Å²) in [6.45, 7) is 2.26. The number of aliphatic hydroxyl groups is 1. The number of Topliss-reactive ketones (excluding diaryl/α,β-unsaturated/α-hetero) is 1. The van der Waals surface area contributed by atoms with Crippen LogP contribution in [0, 0.1) is 5.41 Å². The number of nitrogens with zero attached hydrogens (tertiary/aromatic N) is 1. The molecule has 0 radical (unpaired) electrons. The van der Waals surface area contributed by atoms with Gasteiger partial charge in [-0.15, -0.1) is 0 Å². The minimum Gasteiger partial charge on any atom is -0.508 e. The molecule has 7 nitrogen and oxygen atoms in total. The van der Waals surface area contributed by atoms with E-state index in [9.17, 15) is 19.8 Å². The van der Waals surface area contributed by atoms with Gasteiger partial charge in [0.25, 0.3) is 0 Å². The minimum absolute atomic E-state index is 0.0365. The van der Waals surface area contributed by atoms with Crippen LogP contribution in [0.5, 0.6) is 5.75 Å². The zero-order valence-corrected chi connectivity index (χ0v) is 17.5. The van der Waals surface area contributed by atoms with Crippen molar-refractivity contribution in [3.8, 4) is 5.75 Å². The molecule has 7 heteroatoms. The zero-order chi connectivity index (χ0) is 21.6. The number of aliphatic hydroxyl groups excluding tert-OH is 1. The van der Waals surface area contributed by atoms with Crippen molar-refractivity contribution in [1.82, 2.24) is 10.3 Å². The number of phenols is 1. The highest BCUT2D eigenvalue weighted by molar-refractivity contribution is 5.95. The summed E-state index contributed by atoms with van der Waals surface area (Å²) in [6.07, 6.45) is 6.06. The Bertz CT molecular complexity index is 922. The van der Waals surface area contributed by atoms with Crippen LogP contribution in [0.25, 0.3) is 10.9 Å². The van der Waals surface area contributed by atoms with E-state index in [1.807, 2.05) is 13.0 Å². The molecule has 1 aromatic heterocycles. The molecule has 0 spiro atoms. The molecule has 0 saturated heterocycles. The highest BCUT2D eigenvalue weighted by atomic mass is 16.3. The first-order chi connectivity index (χ1) is 14.5. The molecule has 3 rings (SSSR count). The molecule has 0 unspecified atom stereocenters. The molecule has 1 aliphatic rings. The van der Waals surface area contributed by atoms with E-state index < -0.39 is 5.41 Å². The number of aromatic amines is 1. The number of unbranched alkanes of at least 4 members (excludes halogenated alkanes) is 1. The average Bonchev–Trinajstić information content (AvgIpc) is 3.10. The molecule has 0 aliphatic heterocycles. The van der Waals surface area contributed by atoms with Crippen LogP contribution in [0.4, 0.5) is 4.79 Å². The predicted octanol–water partition coefficient (Wildman–Crippen LogP) is 4.23. The maximum Gasteiger partial charge on any atom is 0.341 e. The number of fused-ring (bicyclic) bond motifs is 1. The number of nitrogens with one attached hydrogen (secondary N) is 2. The number of aromatic hydroxyl groups is 1. The predicted molar refractivity (Wildman–Crippen MR) is 117 cm³/mol. The van der Waals surface area contributed by atoms with Crippen LogP contribution in [0.3, 0.4) is 0 Å². The van der Waals surface area contributed by atoms with Gasteiger partial charge in [-0.3, -0.25) is 4.79 Å². The standard InChI is InChI=1S/C23H31N3O4/c1-2-17(6-3-4-7-21(29)23(15-27)10-5-11-23)26-22(30)24-14-18-12-16-13-19(28)8-9-20(16)25-18/h8-9,12-13,25,27-28H,2-7,10-11,14-15H2,1H3,(H,24,30)/b26-17-. The Hall–Kier alpha value is -2.67. The van der Waals surface area contributed by atoms with Crippen LogP contribution in [0.15, 0.2) is 29.3 Å². The number of ketones is 1. The van der Waals surface area contributed by atoms with Crippen molar-refractivity contribution < 1.29 is 19.8 Å². The number of phenolic OH excluding ortho intramolecular Hbond substituents is 1. The van der Waals surface area contributed by atoms with E-state index in [4.69, 9.17) is 0 Å². The molecular weight excluding hydrogens is 382 g/mol. The Balaban J connectivity index is 1.43. The largest absolute Gasteiger partial charge is 0.508 e. The van der Waals surface area contributed by atoms with Crippen molar-refractivity contribution >= 4 is 28.4 Å². The number of H-pyrrole nitrogens is 1. The van der Waals surface area contributed by atoms with E-state index in [-0.39, 0.29) is 24.2 Å². The van der Waals surface area contributed by atoms with Gasteiger partial charge < -0.3 is 20.5 Å². The number of amides is 2. The summed E-state index contributed by atoms with van der Waals surface area (Å²) in [4.78, 5) is 31.9. The quantitative estimate of drug-likeness (QED) is 0.345. The van der Waals surface area contributed by atoms with Crippen LogP contribution in [0.2, 0.25) is 0 Å². The molecule has 162 valence electrons. The number of hydrogen-bond donors (Lipinski definition) is 4. The molecule has 4 N–H and O–H groups in total. The molecule has 1 aromatic carbocycles. The van der Waals surface area contributed by atoms with Crippen LogP contribution < -0.4 is 5.32 Å². The molecule has 2 amide bonds. The van der Waals surface area contributed by atoms with E-state index in [2.05, 4.69) is 15.3 Å². The van der Waals surface area contributed by atoms with Gasteiger partial charge in [0, 0.05) is 28.7 Å². The topological polar surface area (TPSA) is 115 Å². The molecule has 0 bridgehead atoms. The lowest BCUT2D eigenvalue weighted by molar-refractivity contribution is -0.137. The molecular formula is C23H31N3O4.